The number of imidazole rings is 1. The number of rotatable bonds is 2. The Balaban J connectivity index is 2.19. The van der Waals surface area contributed by atoms with Crippen LogP contribution in [0.2, 0.25) is 0 Å². The first-order chi connectivity index (χ1) is 9.99. The van der Waals surface area contributed by atoms with Crippen molar-refractivity contribution < 1.29 is 0 Å². The van der Waals surface area contributed by atoms with Crippen molar-refractivity contribution in [3.8, 4) is 0 Å². The van der Waals surface area contributed by atoms with Gasteiger partial charge in [0.15, 0.2) is 11.2 Å². The summed E-state index contributed by atoms with van der Waals surface area (Å²) in [4.78, 5) is 28.4. The molecule has 0 amide bonds. The molecule has 0 radical (unpaired) electrons. The van der Waals surface area contributed by atoms with Gasteiger partial charge in [0.05, 0.1) is 6.33 Å². The topological polar surface area (TPSA) is 61.8 Å². The van der Waals surface area contributed by atoms with E-state index in [0.29, 0.717) is 17.7 Å². The lowest BCUT2D eigenvalue weighted by Crippen LogP contribution is -2.37. The van der Waals surface area contributed by atoms with Crippen LogP contribution >= 0.6 is 0 Å². The van der Waals surface area contributed by atoms with Gasteiger partial charge in [-0.05, 0) is 12.5 Å². The van der Waals surface area contributed by atoms with Crippen molar-refractivity contribution in [2.45, 2.75) is 13.5 Å². The highest BCUT2D eigenvalue weighted by Crippen LogP contribution is 2.10. The van der Waals surface area contributed by atoms with Crippen molar-refractivity contribution in [1.82, 2.24) is 18.7 Å². The highest BCUT2D eigenvalue weighted by Gasteiger charge is 2.14. The molecule has 6 nitrogen and oxygen atoms in total. The zero-order valence-electron chi connectivity index (χ0n) is 12.2. The fourth-order valence-corrected chi connectivity index (χ4v) is 2.41. The largest absolute Gasteiger partial charge is 0.332 e. The van der Waals surface area contributed by atoms with Crippen LogP contribution in [0.25, 0.3) is 11.2 Å². The zero-order chi connectivity index (χ0) is 15.1. The SMILES string of the molecule is Cc1ccc(Cn2cnc3c2c(=O)n(C)c(=O)n3C)cc1. The molecule has 6 heteroatoms. The summed E-state index contributed by atoms with van der Waals surface area (Å²) in [5.41, 5.74) is 2.43. The maximum Gasteiger partial charge on any atom is 0.332 e. The average molecular weight is 284 g/mol. The van der Waals surface area contributed by atoms with Crippen LogP contribution in [0.3, 0.4) is 0 Å². The number of hydrogen-bond acceptors (Lipinski definition) is 3. The number of nitrogens with zero attached hydrogens (tertiary/aromatic N) is 4. The third-order valence-electron chi connectivity index (χ3n) is 3.69. The molecule has 3 aromatic rings. The van der Waals surface area contributed by atoms with Gasteiger partial charge in [-0.3, -0.25) is 13.9 Å². The molecule has 0 fully saturated rings. The molecule has 108 valence electrons. The Kier molecular flexibility index (Phi) is 3.01. The van der Waals surface area contributed by atoms with Gasteiger partial charge in [0.25, 0.3) is 5.56 Å². The number of hydrogen-bond donors (Lipinski definition) is 0. The van der Waals surface area contributed by atoms with E-state index < -0.39 is 0 Å². The molecule has 0 atom stereocenters. The molecule has 0 bridgehead atoms. The molecule has 21 heavy (non-hydrogen) atoms. The first kappa shape index (κ1) is 13.4. The molecule has 0 aliphatic heterocycles. The molecule has 0 spiro atoms. The molecular formula is C15H16N4O2. The summed E-state index contributed by atoms with van der Waals surface area (Å²) < 4.78 is 4.28. The van der Waals surface area contributed by atoms with Crippen LogP contribution in [0.1, 0.15) is 11.1 Å². The molecule has 1 aromatic carbocycles. The Morgan fingerprint density at radius 1 is 1.05 bits per heavy atom. The van der Waals surface area contributed by atoms with Gasteiger partial charge in [-0.1, -0.05) is 29.8 Å². The number of aromatic nitrogens is 4. The predicted molar refractivity (Wildman–Crippen MR) is 80.5 cm³/mol. The fraction of sp³-hybridized carbons (Fsp3) is 0.267. The monoisotopic (exact) mass is 284 g/mol. The van der Waals surface area contributed by atoms with Crippen LogP contribution in [0.4, 0.5) is 0 Å². The van der Waals surface area contributed by atoms with Crippen molar-refractivity contribution in [2.24, 2.45) is 14.1 Å². The molecule has 0 saturated heterocycles. The lowest BCUT2D eigenvalue weighted by molar-refractivity contribution is 0.702. The average Bonchev–Trinajstić information content (AvgIpc) is 2.89. The van der Waals surface area contributed by atoms with E-state index in [1.54, 1.807) is 17.9 Å². The molecule has 0 unspecified atom stereocenters. The zero-order valence-corrected chi connectivity index (χ0v) is 12.2. The molecular weight excluding hydrogens is 268 g/mol. The first-order valence-electron chi connectivity index (χ1n) is 6.65. The third kappa shape index (κ3) is 2.08. The summed E-state index contributed by atoms with van der Waals surface area (Å²) in [6.07, 6.45) is 1.60. The van der Waals surface area contributed by atoms with Crippen LogP contribution in [0, 0.1) is 6.92 Å². The highest BCUT2D eigenvalue weighted by atomic mass is 16.2. The minimum Gasteiger partial charge on any atom is -0.320 e. The maximum atomic E-state index is 12.3. The second kappa shape index (κ2) is 4.73. The summed E-state index contributed by atoms with van der Waals surface area (Å²) in [7, 11) is 3.10. The predicted octanol–water partition coefficient (Wildman–Crippen LogP) is 0.790. The van der Waals surface area contributed by atoms with Gasteiger partial charge < -0.3 is 4.57 Å². The lowest BCUT2D eigenvalue weighted by atomic mass is 10.1. The van der Waals surface area contributed by atoms with Crippen molar-refractivity contribution in [3.63, 3.8) is 0 Å². The van der Waals surface area contributed by atoms with E-state index in [-0.39, 0.29) is 11.2 Å². The summed E-state index contributed by atoms with van der Waals surface area (Å²) in [5, 5.41) is 0. The maximum absolute atomic E-state index is 12.3. The van der Waals surface area contributed by atoms with Gasteiger partial charge >= 0.3 is 5.69 Å². The molecule has 0 aliphatic carbocycles. The van der Waals surface area contributed by atoms with Crippen molar-refractivity contribution in [2.75, 3.05) is 0 Å². The van der Waals surface area contributed by atoms with E-state index in [0.717, 1.165) is 10.1 Å². The summed E-state index contributed by atoms with van der Waals surface area (Å²) in [6, 6.07) is 8.10. The van der Waals surface area contributed by atoms with Crippen LogP contribution in [-0.2, 0) is 20.6 Å². The quantitative estimate of drug-likeness (QED) is 0.699. The van der Waals surface area contributed by atoms with Crippen molar-refractivity contribution in [1.29, 1.82) is 0 Å². The number of aryl methyl sites for hydroxylation is 2. The minimum absolute atomic E-state index is 0.322. The molecule has 3 rings (SSSR count). The van der Waals surface area contributed by atoms with Crippen LogP contribution in [-0.4, -0.2) is 18.7 Å². The van der Waals surface area contributed by atoms with Gasteiger partial charge in [-0.25, -0.2) is 9.78 Å². The fourth-order valence-electron chi connectivity index (χ4n) is 2.41. The van der Waals surface area contributed by atoms with E-state index in [9.17, 15) is 9.59 Å². The lowest BCUT2D eigenvalue weighted by Gasteiger charge is -2.07. The second-order valence-corrected chi connectivity index (χ2v) is 5.24. The van der Waals surface area contributed by atoms with E-state index >= 15 is 0 Å². The Bertz CT molecular complexity index is 929. The smallest absolute Gasteiger partial charge is 0.320 e. The standard InChI is InChI=1S/C15H16N4O2/c1-10-4-6-11(7-5-10)8-19-9-16-13-12(19)14(20)18(3)15(21)17(13)2/h4-7,9H,8H2,1-3H3. The molecule has 2 heterocycles. The van der Waals surface area contributed by atoms with E-state index in [1.165, 1.54) is 17.2 Å². The molecule has 2 aromatic heterocycles. The van der Waals surface area contributed by atoms with Gasteiger partial charge in [0.2, 0.25) is 0 Å². The molecule has 0 saturated carbocycles. The first-order valence-corrected chi connectivity index (χ1v) is 6.65. The number of fused-ring (bicyclic) bond motifs is 1. The van der Waals surface area contributed by atoms with Crippen LogP contribution in [0.5, 0.6) is 0 Å². The second-order valence-electron chi connectivity index (χ2n) is 5.24. The summed E-state index contributed by atoms with van der Waals surface area (Å²) in [5.74, 6) is 0. The van der Waals surface area contributed by atoms with E-state index in [1.807, 2.05) is 31.2 Å². The summed E-state index contributed by atoms with van der Waals surface area (Å²) in [6.45, 7) is 2.58. The minimum atomic E-state index is -0.368. The Labute approximate surface area is 120 Å². The van der Waals surface area contributed by atoms with E-state index in [2.05, 4.69) is 4.98 Å². The highest BCUT2D eigenvalue weighted by molar-refractivity contribution is 5.70. The van der Waals surface area contributed by atoms with Crippen molar-refractivity contribution in [3.05, 3.63) is 62.6 Å². The van der Waals surface area contributed by atoms with Gasteiger partial charge in [0.1, 0.15) is 0 Å². The molecule has 0 N–H and O–H groups in total. The van der Waals surface area contributed by atoms with Gasteiger partial charge in [0, 0.05) is 20.6 Å². The van der Waals surface area contributed by atoms with Crippen LogP contribution < -0.4 is 11.2 Å². The normalized spacial score (nSPS) is 11.2. The van der Waals surface area contributed by atoms with Crippen LogP contribution in [0.15, 0.2) is 40.2 Å². The van der Waals surface area contributed by atoms with Crippen molar-refractivity contribution >= 4 is 11.2 Å². The van der Waals surface area contributed by atoms with Gasteiger partial charge in [-0.15, -0.1) is 0 Å². The van der Waals surface area contributed by atoms with Gasteiger partial charge in [-0.2, -0.15) is 0 Å². The Morgan fingerprint density at radius 2 is 1.71 bits per heavy atom. The Hall–Kier alpha value is -2.63. The summed E-state index contributed by atoms with van der Waals surface area (Å²) >= 11 is 0. The molecule has 0 aliphatic rings. The third-order valence-corrected chi connectivity index (χ3v) is 3.69. The van der Waals surface area contributed by atoms with E-state index in [4.69, 9.17) is 0 Å². The Morgan fingerprint density at radius 3 is 2.38 bits per heavy atom. The number of benzene rings is 1.